The third-order valence-corrected chi connectivity index (χ3v) is 1.55. The highest BCUT2D eigenvalue weighted by Crippen LogP contribution is 2.20. The van der Waals surface area contributed by atoms with Gasteiger partial charge in [0.25, 0.3) is 0 Å². The fraction of sp³-hybridized carbons (Fsp3) is 0. The van der Waals surface area contributed by atoms with Crippen LogP contribution in [0.1, 0.15) is 0 Å². The Morgan fingerprint density at radius 2 is 2.08 bits per heavy atom. The van der Waals surface area contributed by atoms with Gasteiger partial charge >= 0.3 is 0 Å². The molecular formula is C7H7N5. The number of aromatic nitrogens is 4. The van der Waals surface area contributed by atoms with Crippen molar-refractivity contribution in [3.8, 4) is 11.3 Å². The Morgan fingerprint density at radius 3 is 2.75 bits per heavy atom. The van der Waals surface area contributed by atoms with E-state index in [2.05, 4.69) is 20.4 Å². The summed E-state index contributed by atoms with van der Waals surface area (Å²) < 4.78 is 0. The average molecular weight is 161 g/mol. The van der Waals surface area contributed by atoms with Crippen LogP contribution < -0.4 is 5.73 Å². The van der Waals surface area contributed by atoms with Gasteiger partial charge in [0.2, 0.25) is 0 Å². The molecule has 2 heterocycles. The van der Waals surface area contributed by atoms with Crippen molar-refractivity contribution in [3.05, 3.63) is 24.7 Å². The molecule has 0 unspecified atom stereocenters. The number of nitrogen functional groups attached to an aromatic ring is 1. The molecular weight excluding hydrogens is 154 g/mol. The highest BCUT2D eigenvalue weighted by Gasteiger charge is 2.02. The Labute approximate surface area is 68.6 Å². The van der Waals surface area contributed by atoms with Gasteiger partial charge in [0, 0.05) is 11.8 Å². The number of hydrogen-bond acceptors (Lipinski definition) is 4. The number of rotatable bonds is 1. The summed E-state index contributed by atoms with van der Waals surface area (Å²) in [5.41, 5.74) is 7.92. The second kappa shape index (κ2) is 2.61. The van der Waals surface area contributed by atoms with E-state index < -0.39 is 0 Å². The molecule has 0 aromatic carbocycles. The van der Waals surface area contributed by atoms with Crippen molar-refractivity contribution >= 4 is 5.69 Å². The molecule has 0 spiro atoms. The van der Waals surface area contributed by atoms with Gasteiger partial charge in [-0.15, -0.1) is 0 Å². The molecule has 0 radical (unpaired) electrons. The van der Waals surface area contributed by atoms with Crippen LogP contribution in [0.4, 0.5) is 5.69 Å². The van der Waals surface area contributed by atoms with Crippen LogP contribution in [0, 0.1) is 0 Å². The second-order valence-electron chi connectivity index (χ2n) is 2.33. The lowest BCUT2D eigenvalue weighted by Gasteiger charge is -1.98. The van der Waals surface area contributed by atoms with Crippen LogP contribution in [0.25, 0.3) is 11.3 Å². The first-order valence-corrected chi connectivity index (χ1v) is 3.44. The number of hydrogen-bond donors (Lipinski definition) is 2. The van der Waals surface area contributed by atoms with Gasteiger partial charge in [-0.2, -0.15) is 15.3 Å². The first-order valence-electron chi connectivity index (χ1n) is 3.44. The summed E-state index contributed by atoms with van der Waals surface area (Å²) >= 11 is 0. The normalized spacial score (nSPS) is 10.0. The van der Waals surface area contributed by atoms with E-state index in [-0.39, 0.29) is 0 Å². The second-order valence-corrected chi connectivity index (χ2v) is 2.33. The van der Waals surface area contributed by atoms with Crippen LogP contribution in [-0.4, -0.2) is 20.4 Å². The number of aromatic amines is 1. The molecule has 2 aromatic heterocycles. The third-order valence-electron chi connectivity index (χ3n) is 1.55. The summed E-state index contributed by atoms with van der Waals surface area (Å²) in [6.07, 6.45) is 4.77. The van der Waals surface area contributed by atoms with E-state index in [0.717, 1.165) is 11.3 Å². The first-order chi connectivity index (χ1) is 5.88. The molecule has 0 aliphatic carbocycles. The molecule has 0 amide bonds. The van der Waals surface area contributed by atoms with E-state index in [1.54, 1.807) is 12.4 Å². The van der Waals surface area contributed by atoms with Crippen molar-refractivity contribution in [1.29, 1.82) is 0 Å². The van der Waals surface area contributed by atoms with Crippen molar-refractivity contribution in [1.82, 2.24) is 20.4 Å². The summed E-state index contributed by atoms with van der Waals surface area (Å²) in [7, 11) is 0. The van der Waals surface area contributed by atoms with Gasteiger partial charge in [-0.3, -0.25) is 5.10 Å². The van der Waals surface area contributed by atoms with Gasteiger partial charge in [-0.1, -0.05) is 0 Å². The smallest absolute Gasteiger partial charge is 0.0732 e. The number of H-pyrrole nitrogens is 1. The molecule has 5 nitrogen and oxygen atoms in total. The van der Waals surface area contributed by atoms with E-state index in [1.807, 2.05) is 6.07 Å². The SMILES string of the molecule is Nc1cnncc1-c1ccn[nH]1. The summed E-state index contributed by atoms with van der Waals surface area (Å²) in [6, 6.07) is 1.83. The fourth-order valence-corrected chi connectivity index (χ4v) is 0.962. The molecule has 0 atom stereocenters. The maximum atomic E-state index is 5.66. The molecule has 2 aromatic rings. The van der Waals surface area contributed by atoms with Crippen molar-refractivity contribution in [2.24, 2.45) is 0 Å². The minimum atomic E-state index is 0.592. The number of nitrogens with two attached hydrogens (primary N) is 1. The molecule has 0 saturated heterocycles. The fourth-order valence-electron chi connectivity index (χ4n) is 0.962. The zero-order valence-electron chi connectivity index (χ0n) is 6.23. The maximum absolute atomic E-state index is 5.66. The summed E-state index contributed by atoms with van der Waals surface area (Å²) in [6.45, 7) is 0. The number of nitrogens with one attached hydrogen (secondary N) is 1. The molecule has 2 rings (SSSR count). The predicted octanol–water partition coefficient (Wildman–Crippen LogP) is 0.449. The van der Waals surface area contributed by atoms with Crippen LogP contribution >= 0.6 is 0 Å². The molecule has 0 aliphatic rings. The van der Waals surface area contributed by atoms with Crippen LogP contribution in [0.3, 0.4) is 0 Å². The minimum Gasteiger partial charge on any atom is -0.397 e. The maximum Gasteiger partial charge on any atom is 0.0732 e. The van der Waals surface area contributed by atoms with E-state index in [4.69, 9.17) is 5.73 Å². The van der Waals surface area contributed by atoms with Crippen molar-refractivity contribution in [3.63, 3.8) is 0 Å². The van der Waals surface area contributed by atoms with Crippen LogP contribution in [0.5, 0.6) is 0 Å². The average Bonchev–Trinajstić information content (AvgIpc) is 2.57. The van der Waals surface area contributed by atoms with E-state index >= 15 is 0 Å². The first kappa shape index (κ1) is 6.78. The molecule has 0 bridgehead atoms. The van der Waals surface area contributed by atoms with Crippen LogP contribution in [0.2, 0.25) is 0 Å². The quantitative estimate of drug-likeness (QED) is 0.636. The highest BCUT2D eigenvalue weighted by atomic mass is 15.1. The monoisotopic (exact) mass is 161 g/mol. The third kappa shape index (κ3) is 1.01. The number of nitrogens with zero attached hydrogens (tertiary/aromatic N) is 3. The zero-order chi connectivity index (χ0) is 8.39. The zero-order valence-corrected chi connectivity index (χ0v) is 6.23. The standard InChI is InChI=1S/C7H7N5/c8-6-4-11-10-3-5(6)7-1-2-9-12-7/h1-4H,(H2,8,10)(H,9,12). The Kier molecular flexibility index (Phi) is 1.48. The van der Waals surface area contributed by atoms with Gasteiger partial charge in [-0.25, -0.2) is 0 Å². The lowest BCUT2D eigenvalue weighted by Crippen LogP contribution is -1.93. The van der Waals surface area contributed by atoms with Crippen LogP contribution in [-0.2, 0) is 0 Å². The van der Waals surface area contributed by atoms with E-state index in [0.29, 0.717) is 5.69 Å². The summed E-state index contributed by atoms with van der Waals surface area (Å²) in [5.74, 6) is 0. The molecule has 0 saturated carbocycles. The highest BCUT2D eigenvalue weighted by molar-refractivity contribution is 5.71. The van der Waals surface area contributed by atoms with Crippen molar-refractivity contribution < 1.29 is 0 Å². The van der Waals surface area contributed by atoms with Crippen molar-refractivity contribution in [2.45, 2.75) is 0 Å². The van der Waals surface area contributed by atoms with Gasteiger partial charge < -0.3 is 5.73 Å². The molecule has 0 aliphatic heterocycles. The molecule has 5 heteroatoms. The van der Waals surface area contributed by atoms with Gasteiger partial charge in [0.05, 0.1) is 23.8 Å². The Hall–Kier alpha value is -1.91. The van der Waals surface area contributed by atoms with Gasteiger partial charge in [-0.05, 0) is 6.07 Å². The summed E-state index contributed by atoms with van der Waals surface area (Å²) in [4.78, 5) is 0. The van der Waals surface area contributed by atoms with E-state index in [1.165, 1.54) is 6.20 Å². The Balaban J connectivity index is 2.55. The Morgan fingerprint density at radius 1 is 1.25 bits per heavy atom. The predicted molar refractivity (Wildman–Crippen MR) is 44.0 cm³/mol. The number of anilines is 1. The van der Waals surface area contributed by atoms with Gasteiger partial charge in [0.15, 0.2) is 0 Å². The molecule has 0 fully saturated rings. The van der Waals surface area contributed by atoms with E-state index in [9.17, 15) is 0 Å². The summed E-state index contributed by atoms with van der Waals surface area (Å²) in [5, 5.41) is 14.0. The van der Waals surface area contributed by atoms with Crippen LogP contribution in [0.15, 0.2) is 24.7 Å². The molecule has 12 heavy (non-hydrogen) atoms. The largest absolute Gasteiger partial charge is 0.397 e. The topological polar surface area (TPSA) is 80.5 Å². The van der Waals surface area contributed by atoms with Gasteiger partial charge in [0.1, 0.15) is 0 Å². The lowest BCUT2D eigenvalue weighted by molar-refractivity contribution is 1.03. The molecule has 3 N–H and O–H groups in total. The van der Waals surface area contributed by atoms with Crippen molar-refractivity contribution in [2.75, 3.05) is 5.73 Å². The minimum absolute atomic E-state index is 0.592. The Bertz CT molecular complexity index is 367. The lowest BCUT2D eigenvalue weighted by atomic mass is 10.2. The molecule has 60 valence electrons.